The Morgan fingerprint density at radius 1 is 0.536 bits per heavy atom. The lowest BCUT2D eigenvalue weighted by Crippen LogP contribution is -2.50. The predicted molar refractivity (Wildman–Crippen MR) is 233 cm³/mol. The molecule has 0 saturated carbocycles. The van der Waals surface area contributed by atoms with Gasteiger partial charge in [-0.05, 0) is 83.5 Å². The van der Waals surface area contributed by atoms with Crippen LogP contribution in [0.25, 0.3) is 0 Å². The summed E-state index contributed by atoms with van der Waals surface area (Å²) < 4.78 is 17.2. The molecule has 0 spiro atoms. The topological polar surface area (TPSA) is 99.1 Å². The number of esters is 2. The average molecular weight is 783 g/mol. The molecule has 318 valence electrons. The van der Waals surface area contributed by atoms with Crippen molar-refractivity contribution in [2.75, 3.05) is 41.0 Å². The molecule has 0 aliphatic carbocycles. The number of carbonyl (C=O) groups is 3. The molecular formula is C48H80NO7+. The summed E-state index contributed by atoms with van der Waals surface area (Å²) in [5, 5.41) is 9.61. The van der Waals surface area contributed by atoms with Gasteiger partial charge in [0.1, 0.15) is 6.61 Å². The Labute approximate surface area is 342 Å². The van der Waals surface area contributed by atoms with Crippen LogP contribution in [0.5, 0.6) is 0 Å². The smallest absolute Gasteiger partial charge is 0.362 e. The van der Waals surface area contributed by atoms with Gasteiger partial charge < -0.3 is 23.8 Å². The summed E-state index contributed by atoms with van der Waals surface area (Å²) in [5.41, 5.74) is 0. The van der Waals surface area contributed by atoms with E-state index in [9.17, 15) is 19.5 Å². The number of ether oxygens (including phenoxy) is 3. The molecule has 0 amide bonds. The number of nitrogens with zero attached hydrogens (tertiary/aromatic N) is 1. The number of unbranched alkanes of at least 4 members (excludes halogenated alkanes) is 9. The van der Waals surface area contributed by atoms with E-state index in [2.05, 4.69) is 98.9 Å². The van der Waals surface area contributed by atoms with Gasteiger partial charge in [0.2, 0.25) is 0 Å². The molecule has 2 atom stereocenters. The molecule has 1 N–H and O–H groups in total. The fourth-order valence-corrected chi connectivity index (χ4v) is 5.74. The SMILES string of the molecule is CC/C=C/C/C=C/C/C=C/C/C=C/C/C=C/CCCCCCC(=O)OCC(COCCC(C(=O)O)[N+](C)(C)C)OC(=O)CCCCCCC/C=C/C/C=C/CC. The van der Waals surface area contributed by atoms with Crippen LogP contribution in [0.1, 0.15) is 149 Å². The Bertz CT molecular complexity index is 1190. The lowest BCUT2D eigenvalue weighted by molar-refractivity contribution is -0.887. The van der Waals surface area contributed by atoms with Gasteiger partial charge in [-0.15, -0.1) is 0 Å². The molecule has 0 aliphatic rings. The Morgan fingerprint density at radius 2 is 0.946 bits per heavy atom. The number of carboxylic acid groups (broad SMARTS) is 1. The van der Waals surface area contributed by atoms with Crippen molar-refractivity contribution < 1.29 is 38.2 Å². The van der Waals surface area contributed by atoms with Crippen LogP contribution in [-0.2, 0) is 28.6 Å². The fraction of sp³-hybridized carbons (Fsp3) is 0.646. The van der Waals surface area contributed by atoms with Crippen molar-refractivity contribution in [3.05, 3.63) is 85.1 Å². The van der Waals surface area contributed by atoms with E-state index in [1.165, 1.54) is 0 Å². The molecule has 56 heavy (non-hydrogen) atoms. The Balaban J connectivity index is 4.40. The predicted octanol–water partition coefficient (Wildman–Crippen LogP) is 11.7. The number of likely N-dealkylation sites (N-methyl/N-ethyl adjacent to an activating group) is 1. The average Bonchev–Trinajstić information content (AvgIpc) is 3.15. The summed E-state index contributed by atoms with van der Waals surface area (Å²) in [6, 6.07) is -0.625. The largest absolute Gasteiger partial charge is 0.477 e. The highest BCUT2D eigenvalue weighted by Gasteiger charge is 2.31. The molecule has 0 aromatic carbocycles. The molecule has 2 unspecified atom stereocenters. The molecule has 0 radical (unpaired) electrons. The third-order valence-corrected chi connectivity index (χ3v) is 9.04. The van der Waals surface area contributed by atoms with E-state index in [1.54, 1.807) is 0 Å². The maximum atomic E-state index is 12.7. The first-order valence-corrected chi connectivity index (χ1v) is 21.6. The van der Waals surface area contributed by atoms with E-state index < -0.39 is 18.1 Å². The van der Waals surface area contributed by atoms with Gasteiger partial charge in [0.05, 0.1) is 34.4 Å². The Hall–Kier alpha value is -3.49. The summed E-state index contributed by atoms with van der Waals surface area (Å²) >= 11 is 0. The van der Waals surface area contributed by atoms with Crippen LogP contribution < -0.4 is 0 Å². The number of carbonyl (C=O) groups excluding carboxylic acids is 2. The number of quaternary nitrogens is 1. The highest BCUT2D eigenvalue weighted by atomic mass is 16.6. The minimum absolute atomic E-state index is 0.0417. The summed E-state index contributed by atoms with van der Waals surface area (Å²) in [7, 11) is 5.50. The minimum Gasteiger partial charge on any atom is -0.477 e. The van der Waals surface area contributed by atoms with Gasteiger partial charge in [-0.1, -0.05) is 131 Å². The van der Waals surface area contributed by atoms with Crippen molar-refractivity contribution >= 4 is 17.9 Å². The van der Waals surface area contributed by atoms with E-state index in [0.29, 0.717) is 19.3 Å². The summed E-state index contributed by atoms with van der Waals surface area (Å²) in [6.07, 6.45) is 49.1. The van der Waals surface area contributed by atoms with E-state index >= 15 is 0 Å². The van der Waals surface area contributed by atoms with Crippen LogP contribution in [0.2, 0.25) is 0 Å². The second kappa shape index (κ2) is 38.4. The van der Waals surface area contributed by atoms with Gasteiger partial charge >= 0.3 is 17.9 Å². The van der Waals surface area contributed by atoms with Crippen LogP contribution in [0.3, 0.4) is 0 Å². The van der Waals surface area contributed by atoms with Gasteiger partial charge in [0, 0.05) is 19.3 Å². The summed E-state index contributed by atoms with van der Waals surface area (Å²) in [5.74, 6) is -1.53. The quantitative estimate of drug-likeness (QED) is 0.0290. The molecule has 0 aromatic heterocycles. The van der Waals surface area contributed by atoms with Gasteiger partial charge in [0.25, 0.3) is 0 Å². The normalized spacial score (nSPS) is 13.8. The first kappa shape index (κ1) is 52.5. The van der Waals surface area contributed by atoms with Gasteiger partial charge in [0.15, 0.2) is 12.1 Å². The number of rotatable bonds is 37. The maximum absolute atomic E-state index is 12.7. The second-order valence-corrected chi connectivity index (χ2v) is 15.2. The zero-order valence-corrected chi connectivity index (χ0v) is 36.1. The summed E-state index contributed by atoms with van der Waals surface area (Å²) in [4.78, 5) is 36.9. The van der Waals surface area contributed by atoms with E-state index in [0.717, 1.165) is 116 Å². The first-order chi connectivity index (χ1) is 27.1. The van der Waals surface area contributed by atoms with Crippen molar-refractivity contribution in [2.45, 2.75) is 161 Å². The molecule has 0 aromatic rings. The number of aliphatic carboxylic acids is 1. The molecule has 8 heteroatoms. The fourth-order valence-electron chi connectivity index (χ4n) is 5.74. The number of allylic oxidation sites excluding steroid dienone is 14. The molecule has 8 nitrogen and oxygen atoms in total. The lowest BCUT2D eigenvalue weighted by atomic mass is 10.1. The molecular weight excluding hydrogens is 703 g/mol. The van der Waals surface area contributed by atoms with Crippen LogP contribution in [0, 0.1) is 0 Å². The molecule has 0 saturated heterocycles. The number of hydrogen-bond donors (Lipinski definition) is 1. The minimum atomic E-state index is -0.886. The third-order valence-electron chi connectivity index (χ3n) is 9.04. The molecule has 0 aliphatic heterocycles. The Morgan fingerprint density at radius 3 is 1.39 bits per heavy atom. The molecule has 0 fully saturated rings. The van der Waals surface area contributed by atoms with E-state index in [4.69, 9.17) is 14.2 Å². The lowest BCUT2D eigenvalue weighted by Gasteiger charge is -2.31. The maximum Gasteiger partial charge on any atom is 0.362 e. The summed E-state index contributed by atoms with van der Waals surface area (Å²) in [6.45, 7) is 4.45. The van der Waals surface area contributed by atoms with Crippen molar-refractivity contribution in [3.8, 4) is 0 Å². The van der Waals surface area contributed by atoms with Crippen molar-refractivity contribution in [3.63, 3.8) is 0 Å². The standard InChI is InChI=1S/C48H79NO7/c1-6-8-10-12-14-16-18-20-21-22-23-24-25-26-27-29-30-32-34-36-38-46(50)55-43-44(42-54-41-40-45(48(52)53)49(3,4)5)56-47(51)39-37-35-33-31-28-19-17-15-13-11-9-7-2/h8-11,14-17,20-21,23-24,26-27,44-45H,6-7,12-13,18-19,22,25,28-43H2,1-5H3/p+1/b10-8+,11-9+,16-14+,17-15+,21-20+,24-23+,27-26+. The zero-order chi connectivity index (χ0) is 41.4. The Kier molecular flexibility index (Phi) is 36.0. The second-order valence-electron chi connectivity index (χ2n) is 15.2. The van der Waals surface area contributed by atoms with E-state index in [-0.39, 0.29) is 36.2 Å². The van der Waals surface area contributed by atoms with E-state index in [1.807, 2.05) is 21.1 Å². The van der Waals surface area contributed by atoms with Gasteiger partial charge in [-0.3, -0.25) is 9.59 Å². The number of hydrogen-bond acceptors (Lipinski definition) is 6. The van der Waals surface area contributed by atoms with Crippen molar-refractivity contribution in [2.24, 2.45) is 0 Å². The molecule has 0 heterocycles. The first-order valence-electron chi connectivity index (χ1n) is 21.6. The molecule has 0 rings (SSSR count). The van der Waals surface area contributed by atoms with Crippen molar-refractivity contribution in [1.29, 1.82) is 0 Å². The number of carboxylic acids is 1. The van der Waals surface area contributed by atoms with Crippen LogP contribution in [0.15, 0.2) is 85.1 Å². The van der Waals surface area contributed by atoms with Crippen molar-refractivity contribution in [1.82, 2.24) is 0 Å². The third kappa shape index (κ3) is 36.2. The molecule has 0 bridgehead atoms. The monoisotopic (exact) mass is 783 g/mol. The van der Waals surface area contributed by atoms with Crippen LogP contribution in [0.4, 0.5) is 0 Å². The zero-order valence-electron chi connectivity index (χ0n) is 36.1. The van der Waals surface area contributed by atoms with Gasteiger partial charge in [-0.2, -0.15) is 0 Å². The highest BCUT2D eigenvalue weighted by molar-refractivity contribution is 5.72. The van der Waals surface area contributed by atoms with Gasteiger partial charge in [-0.25, -0.2) is 4.79 Å². The van der Waals surface area contributed by atoms with Crippen LogP contribution in [-0.4, -0.2) is 80.6 Å². The van der Waals surface area contributed by atoms with Crippen LogP contribution >= 0.6 is 0 Å². The highest BCUT2D eigenvalue weighted by Crippen LogP contribution is 2.12.